The Morgan fingerprint density at radius 2 is 1.65 bits per heavy atom. The number of halogens is 2. The van der Waals surface area contributed by atoms with Gasteiger partial charge in [-0.15, -0.1) is 11.3 Å². The van der Waals surface area contributed by atoms with Gasteiger partial charge >= 0.3 is 0 Å². The van der Waals surface area contributed by atoms with Crippen LogP contribution in [0, 0.1) is 6.92 Å². The molecule has 0 radical (unpaired) electrons. The minimum absolute atomic E-state index is 0.0442. The zero-order valence-corrected chi connectivity index (χ0v) is 15.1. The average molecular weight is 420 g/mol. The molecule has 0 spiro atoms. The summed E-state index contributed by atoms with van der Waals surface area (Å²) in [4.78, 5) is 12.6. The molecule has 20 heavy (non-hydrogen) atoms. The normalized spacial score (nSPS) is 10.4. The van der Waals surface area contributed by atoms with E-state index in [0.717, 1.165) is 13.1 Å². The third kappa shape index (κ3) is 2.92. The standard InChI is InChI=1S/C14H12Br2O3S/c1-7-4-10(18-2)11(19-3)5-8(7)13(17)9-6-12(15)20-14(9)16/h4-6H,1-3H3. The van der Waals surface area contributed by atoms with Crippen molar-refractivity contribution in [2.24, 2.45) is 0 Å². The van der Waals surface area contributed by atoms with Gasteiger partial charge in [0.15, 0.2) is 17.3 Å². The predicted octanol–water partition coefficient (Wildman–Crippen LogP) is 4.83. The van der Waals surface area contributed by atoms with E-state index in [1.54, 1.807) is 26.4 Å². The summed E-state index contributed by atoms with van der Waals surface area (Å²) in [6.45, 7) is 1.88. The highest BCUT2D eigenvalue weighted by Crippen LogP contribution is 2.36. The Morgan fingerprint density at radius 3 is 2.15 bits per heavy atom. The maximum absolute atomic E-state index is 12.6. The van der Waals surface area contributed by atoms with Crippen molar-refractivity contribution < 1.29 is 14.3 Å². The maximum Gasteiger partial charge on any atom is 0.195 e. The lowest BCUT2D eigenvalue weighted by Crippen LogP contribution is -2.04. The second kappa shape index (κ2) is 6.28. The van der Waals surface area contributed by atoms with Crippen LogP contribution >= 0.6 is 43.2 Å². The number of ether oxygens (including phenoxy) is 2. The van der Waals surface area contributed by atoms with E-state index in [1.807, 2.05) is 13.0 Å². The molecule has 0 aliphatic rings. The van der Waals surface area contributed by atoms with Crippen molar-refractivity contribution in [2.75, 3.05) is 14.2 Å². The summed E-state index contributed by atoms with van der Waals surface area (Å²) in [6.07, 6.45) is 0. The number of carbonyl (C=O) groups excluding carboxylic acids is 1. The molecule has 0 saturated heterocycles. The number of ketones is 1. The second-order valence-electron chi connectivity index (χ2n) is 4.09. The average Bonchev–Trinajstić information content (AvgIpc) is 2.76. The van der Waals surface area contributed by atoms with Gasteiger partial charge in [0, 0.05) is 11.1 Å². The first-order valence-corrected chi connectivity index (χ1v) is 8.10. The van der Waals surface area contributed by atoms with Gasteiger partial charge in [0.1, 0.15) is 0 Å². The van der Waals surface area contributed by atoms with Gasteiger partial charge in [-0.2, -0.15) is 0 Å². The van der Waals surface area contributed by atoms with Crippen molar-refractivity contribution in [3.63, 3.8) is 0 Å². The van der Waals surface area contributed by atoms with E-state index in [-0.39, 0.29) is 5.78 Å². The van der Waals surface area contributed by atoms with Gasteiger partial charge in [-0.25, -0.2) is 0 Å². The fourth-order valence-corrected chi connectivity index (χ4v) is 4.66. The van der Waals surface area contributed by atoms with Crippen LogP contribution in [0.2, 0.25) is 0 Å². The molecular weight excluding hydrogens is 408 g/mol. The lowest BCUT2D eigenvalue weighted by molar-refractivity contribution is 0.103. The SMILES string of the molecule is COc1cc(C)c(C(=O)c2cc(Br)sc2Br)cc1OC. The van der Waals surface area contributed by atoms with E-state index in [4.69, 9.17) is 9.47 Å². The van der Waals surface area contributed by atoms with Crippen LogP contribution in [0.4, 0.5) is 0 Å². The topological polar surface area (TPSA) is 35.5 Å². The first-order valence-electron chi connectivity index (χ1n) is 5.70. The zero-order chi connectivity index (χ0) is 14.9. The van der Waals surface area contributed by atoms with Gasteiger partial charge in [-0.1, -0.05) is 0 Å². The van der Waals surface area contributed by atoms with Crippen molar-refractivity contribution in [1.82, 2.24) is 0 Å². The number of hydrogen-bond donors (Lipinski definition) is 0. The molecule has 0 amide bonds. The van der Waals surface area contributed by atoms with Crippen molar-refractivity contribution in [1.29, 1.82) is 0 Å². The third-order valence-electron chi connectivity index (χ3n) is 2.88. The van der Waals surface area contributed by atoms with Crippen LogP contribution in [-0.2, 0) is 0 Å². The molecule has 3 nitrogen and oxygen atoms in total. The van der Waals surface area contributed by atoms with Gasteiger partial charge in [-0.05, 0) is 62.5 Å². The van der Waals surface area contributed by atoms with Gasteiger partial charge in [0.2, 0.25) is 0 Å². The van der Waals surface area contributed by atoms with Crippen LogP contribution in [0.25, 0.3) is 0 Å². The van der Waals surface area contributed by atoms with Crippen molar-refractivity contribution >= 4 is 49.0 Å². The van der Waals surface area contributed by atoms with E-state index in [2.05, 4.69) is 31.9 Å². The predicted molar refractivity (Wildman–Crippen MR) is 87.4 cm³/mol. The number of methoxy groups -OCH3 is 2. The fraction of sp³-hybridized carbons (Fsp3) is 0.214. The van der Waals surface area contributed by atoms with Gasteiger partial charge in [0.25, 0.3) is 0 Å². The molecule has 6 heteroatoms. The van der Waals surface area contributed by atoms with Gasteiger partial charge in [0.05, 0.1) is 21.8 Å². The summed E-state index contributed by atoms with van der Waals surface area (Å²) in [5.41, 5.74) is 2.09. The summed E-state index contributed by atoms with van der Waals surface area (Å²) in [7, 11) is 3.13. The quantitative estimate of drug-likeness (QED) is 0.665. The number of hydrogen-bond acceptors (Lipinski definition) is 4. The summed E-state index contributed by atoms with van der Waals surface area (Å²) < 4.78 is 12.2. The zero-order valence-electron chi connectivity index (χ0n) is 11.1. The Hall–Kier alpha value is -0.850. The summed E-state index contributed by atoms with van der Waals surface area (Å²) >= 11 is 8.27. The number of benzene rings is 1. The van der Waals surface area contributed by atoms with Crippen molar-refractivity contribution in [3.05, 3.63) is 42.5 Å². The molecule has 0 saturated carbocycles. The molecule has 1 heterocycles. The van der Waals surface area contributed by atoms with Crippen LogP contribution in [0.3, 0.4) is 0 Å². The molecule has 0 N–H and O–H groups in total. The van der Waals surface area contributed by atoms with Crippen LogP contribution in [0.1, 0.15) is 21.5 Å². The minimum atomic E-state index is -0.0442. The second-order valence-corrected chi connectivity index (χ2v) is 7.84. The Morgan fingerprint density at radius 1 is 1.05 bits per heavy atom. The molecular formula is C14H12Br2O3S. The molecule has 0 fully saturated rings. The maximum atomic E-state index is 12.6. The van der Waals surface area contributed by atoms with Crippen LogP contribution < -0.4 is 9.47 Å². The third-order valence-corrected chi connectivity index (χ3v) is 5.22. The molecule has 0 atom stereocenters. The molecule has 0 bridgehead atoms. The Kier molecular flexibility index (Phi) is 4.88. The fourth-order valence-electron chi connectivity index (χ4n) is 1.87. The lowest BCUT2D eigenvalue weighted by atomic mass is 10.00. The molecule has 2 rings (SSSR count). The Balaban J connectivity index is 2.52. The van der Waals surface area contributed by atoms with E-state index >= 15 is 0 Å². The highest BCUT2D eigenvalue weighted by Gasteiger charge is 2.19. The molecule has 0 aliphatic heterocycles. The monoisotopic (exact) mass is 418 g/mol. The minimum Gasteiger partial charge on any atom is -0.493 e. The molecule has 106 valence electrons. The first kappa shape index (κ1) is 15.5. The number of thiophene rings is 1. The number of carbonyl (C=O) groups is 1. The summed E-state index contributed by atoms with van der Waals surface area (Å²) in [5, 5.41) is 0. The smallest absolute Gasteiger partial charge is 0.195 e. The van der Waals surface area contributed by atoms with E-state index < -0.39 is 0 Å². The number of rotatable bonds is 4. The van der Waals surface area contributed by atoms with Crippen LogP contribution in [-0.4, -0.2) is 20.0 Å². The largest absolute Gasteiger partial charge is 0.493 e. The molecule has 1 aromatic heterocycles. The summed E-state index contributed by atoms with van der Waals surface area (Å²) in [5.74, 6) is 1.12. The molecule has 0 aliphatic carbocycles. The van der Waals surface area contributed by atoms with E-state index in [1.165, 1.54) is 11.3 Å². The van der Waals surface area contributed by atoms with Crippen molar-refractivity contribution in [3.8, 4) is 11.5 Å². The Labute approximate surface area is 138 Å². The van der Waals surface area contributed by atoms with Gasteiger partial charge in [-0.3, -0.25) is 4.79 Å². The Bertz CT molecular complexity index is 665. The highest BCUT2D eigenvalue weighted by atomic mass is 79.9. The van der Waals surface area contributed by atoms with Gasteiger partial charge < -0.3 is 9.47 Å². The van der Waals surface area contributed by atoms with Crippen LogP contribution in [0.5, 0.6) is 11.5 Å². The molecule has 2 aromatic rings. The molecule has 0 unspecified atom stereocenters. The number of aryl methyl sites for hydroxylation is 1. The summed E-state index contributed by atoms with van der Waals surface area (Å²) in [6, 6.07) is 5.34. The lowest BCUT2D eigenvalue weighted by Gasteiger charge is -2.11. The highest BCUT2D eigenvalue weighted by molar-refractivity contribution is 9.12. The van der Waals surface area contributed by atoms with Crippen molar-refractivity contribution in [2.45, 2.75) is 6.92 Å². The molecule has 1 aromatic carbocycles. The van der Waals surface area contributed by atoms with Crippen LogP contribution in [0.15, 0.2) is 25.8 Å². The van der Waals surface area contributed by atoms with E-state index in [0.29, 0.717) is 22.6 Å². The first-order chi connectivity index (χ1) is 9.47. The van der Waals surface area contributed by atoms with E-state index in [9.17, 15) is 4.79 Å².